The van der Waals surface area contributed by atoms with Crippen LogP contribution >= 0.6 is 0 Å². The van der Waals surface area contributed by atoms with Gasteiger partial charge in [0.2, 0.25) is 0 Å². The van der Waals surface area contributed by atoms with Gasteiger partial charge in [-0.1, -0.05) is 24.3 Å². The maximum Gasteiger partial charge on any atom is 0.328 e. The molecule has 0 spiro atoms. The summed E-state index contributed by atoms with van der Waals surface area (Å²) in [5.74, 6) is 0. The third kappa shape index (κ3) is 1.46. The molecule has 0 aliphatic rings. The molecule has 90 valence electrons. The lowest BCUT2D eigenvalue weighted by atomic mass is 10.1. The Morgan fingerprint density at radius 3 is 2.44 bits per heavy atom. The number of fused-ring (bicyclic) bond motifs is 2. The van der Waals surface area contributed by atoms with Crippen molar-refractivity contribution in [2.45, 2.75) is 13.5 Å². The highest BCUT2D eigenvalue weighted by Crippen LogP contribution is 2.19. The van der Waals surface area contributed by atoms with E-state index in [0.717, 1.165) is 10.8 Å². The number of nitrogens with one attached hydrogen (secondary N) is 1. The largest absolute Gasteiger partial charge is 0.328 e. The number of hydrogen-bond donors (Lipinski definition) is 1. The first-order valence-electron chi connectivity index (χ1n) is 5.86. The van der Waals surface area contributed by atoms with E-state index in [9.17, 15) is 9.59 Å². The molecule has 18 heavy (non-hydrogen) atoms. The van der Waals surface area contributed by atoms with Crippen molar-refractivity contribution in [3.05, 3.63) is 57.2 Å². The molecule has 3 aromatic rings. The van der Waals surface area contributed by atoms with Gasteiger partial charge in [0.05, 0.1) is 10.9 Å². The van der Waals surface area contributed by atoms with Crippen LogP contribution in [0.2, 0.25) is 0 Å². The highest BCUT2D eigenvalue weighted by molar-refractivity contribution is 5.96. The zero-order valence-corrected chi connectivity index (χ0v) is 9.93. The highest BCUT2D eigenvalue weighted by atomic mass is 16.2. The number of rotatable bonds is 1. The fourth-order valence-corrected chi connectivity index (χ4v) is 2.29. The predicted octanol–water partition coefficient (Wildman–Crippen LogP) is 1.86. The van der Waals surface area contributed by atoms with Crippen LogP contribution in [0.25, 0.3) is 21.7 Å². The second-order valence-electron chi connectivity index (χ2n) is 4.22. The predicted molar refractivity (Wildman–Crippen MR) is 72.0 cm³/mol. The number of aromatic nitrogens is 2. The smallest absolute Gasteiger partial charge is 0.294 e. The summed E-state index contributed by atoms with van der Waals surface area (Å²) in [6.45, 7) is 2.42. The van der Waals surface area contributed by atoms with Crippen LogP contribution in [0.1, 0.15) is 6.92 Å². The van der Waals surface area contributed by atoms with Gasteiger partial charge in [-0.15, -0.1) is 0 Å². The molecule has 2 aromatic carbocycles. The summed E-state index contributed by atoms with van der Waals surface area (Å²) >= 11 is 0. The third-order valence-corrected chi connectivity index (χ3v) is 3.18. The van der Waals surface area contributed by atoms with Crippen LogP contribution < -0.4 is 11.2 Å². The minimum Gasteiger partial charge on any atom is -0.294 e. The number of H-pyrrole nitrogens is 1. The van der Waals surface area contributed by atoms with E-state index < -0.39 is 0 Å². The Hall–Kier alpha value is -2.36. The van der Waals surface area contributed by atoms with Gasteiger partial charge in [-0.25, -0.2) is 4.79 Å². The molecule has 0 unspecified atom stereocenters. The normalized spacial score (nSPS) is 11.2. The number of aromatic amines is 1. The minimum absolute atomic E-state index is 0.328. The number of hydrogen-bond acceptors (Lipinski definition) is 2. The zero-order chi connectivity index (χ0) is 12.7. The Labute approximate surface area is 102 Å². The average Bonchev–Trinajstić information content (AvgIpc) is 2.37. The molecule has 0 amide bonds. The van der Waals surface area contributed by atoms with Crippen molar-refractivity contribution in [1.29, 1.82) is 0 Å². The highest BCUT2D eigenvalue weighted by Gasteiger charge is 2.07. The van der Waals surface area contributed by atoms with Crippen LogP contribution in [0.5, 0.6) is 0 Å². The Balaban J connectivity index is 2.61. The summed E-state index contributed by atoms with van der Waals surface area (Å²) < 4.78 is 1.57. The summed E-state index contributed by atoms with van der Waals surface area (Å²) in [5.41, 5.74) is 0.000634. The fraction of sp³-hybridized carbons (Fsp3) is 0.143. The molecule has 0 saturated heterocycles. The van der Waals surface area contributed by atoms with Crippen molar-refractivity contribution < 1.29 is 0 Å². The number of benzene rings is 2. The average molecular weight is 240 g/mol. The van der Waals surface area contributed by atoms with Crippen LogP contribution in [0.4, 0.5) is 0 Å². The topological polar surface area (TPSA) is 54.9 Å². The number of aryl methyl sites for hydroxylation is 1. The molecule has 0 atom stereocenters. The lowest BCUT2D eigenvalue weighted by Gasteiger charge is -2.08. The maximum atomic E-state index is 11.8. The second-order valence-corrected chi connectivity index (χ2v) is 4.22. The number of nitrogens with zero attached hydrogens (tertiary/aromatic N) is 1. The Bertz CT molecular complexity index is 859. The monoisotopic (exact) mass is 240 g/mol. The van der Waals surface area contributed by atoms with E-state index in [-0.39, 0.29) is 11.2 Å². The van der Waals surface area contributed by atoms with Crippen molar-refractivity contribution in [2.24, 2.45) is 0 Å². The molecule has 3 rings (SSSR count). The first-order chi connectivity index (χ1) is 8.70. The van der Waals surface area contributed by atoms with E-state index in [1.54, 1.807) is 4.57 Å². The molecular formula is C14H12N2O2. The van der Waals surface area contributed by atoms with Crippen molar-refractivity contribution in [1.82, 2.24) is 9.55 Å². The maximum absolute atomic E-state index is 11.8. The minimum atomic E-state index is -0.356. The molecule has 1 heterocycles. The molecule has 0 aliphatic heterocycles. The van der Waals surface area contributed by atoms with Gasteiger partial charge in [-0.05, 0) is 29.8 Å². The summed E-state index contributed by atoms with van der Waals surface area (Å²) in [6, 6.07) is 11.5. The van der Waals surface area contributed by atoms with Gasteiger partial charge in [0.25, 0.3) is 5.56 Å². The zero-order valence-electron chi connectivity index (χ0n) is 9.93. The van der Waals surface area contributed by atoms with Gasteiger partial charge in [0.1, 0.15) is 0 Å². The van der Waals surface area contributed by atoms with Gasteiger partial charge in [0, 0.05) is 6.54 Å². The molecule has 0 fully saturated rings. The Morgan fingerprint density at radius 2 is 1.78 bits per heavy atom. The van der Waals surface area contributed by atoms with Gasteiger partial charge < -0.3 is 0 Å². The van der Waals surface area contributed by atoms with Gasteiger partial charge in [-0.2, -0.15) is 0 Å². The first kappa shape index (κ1) is 10.8. The van der Waals surface area contributed by atoms with Crippen LogP contribution in [0, 0.1) is 0 Å². The van der Waals surface area contributed by atoms with Crippen LogP contribution in [0.3, 0.4) is 0 Å². The summed E-state index contributed by atoms with van der Waals surface area (Å²) in [4.78, 5) is 25.9. The first-order valence-corrected chi connectivity index (χ1v) is 5.86. The standard InChI is InChI=1S/C14H12N2O2/c1-2-16-12-8-10-6-4-3-5-9(10)7-11(12)13(17)15-14(16)18/h3-8H,2H2,1H3,(H,15,17,18). The van der Waals surface area contributed by atoms with Crippen molar-refractivity contribution in [2.75, 3.05) is 0 Å². The van der Waals surface area contributed by atoms with E-state index in [4.69, 9.17) is 0 Å². The quantitative estimate of drug-likeness (QED) is 0.660. The molecule has 4 nitrogen and oxygen atoms in total. The second kappa shape index (κ2) is 3.84. The van der Waals surface area contributed by atoms with Crippen LogP contribution in [-0.2, 0) is 6.54 Å². The molecular weight excluding hydrogens is 228 g/mol. The lowest BCUT2D eigenvalue weighted by molar-refractivity contribution is 0.727. The lowest BCUT2D eigenvalue weighted by Crippen LogP contribution is -2.29. The molecule has 0 radical (unpaired) electrons. The fourth-order valence-electron chi connectivity index (χ4n) is 2.29. The van der Waals surface area contributed by atoms with Gasteiger partial charge >= 0.3 is 5.69 Å². The SMILES string of the molecule is CCn1c(=O)[nH]c(=O)c2cc3ccccc3cc21. The molecule has 4 heteroatoms. The molecule has 0 bridgehead atoms. The van der Waals surface area contributed by atoms with E-state index in [1.807, 2.05) is 43.3 Å². The summed E-state index contributed by atoms with van der Waals surface area (Å²) in [6.07, 6.45) is 0. The Morgan fingerprint density at radius 1 is 1.11 bits per heavy atom. The van der Waals surface area contributed by atoms with Gasteiger partial charge in [0.15, 0.2) is 0 Å². The van der Waals surface area contributed by atoms with Crippen molar-refractivity contribution >= 4 is 21.7 Å². The van der Waals surface area contributed by atoms with E-state index in [0.29, 0.717) is 17.4 Å². The van der Waals surface area contributed by atoms with Crippen LogP contribution in [0.15, 0.2) is 46.0 Å². The van der Waals surface area contributed by atoms with Crippen LogP contribution in [-0.4, -0.2) is 9.55 Å². The molecule has 1 aromatic heterocycles. The van der Waals surface area contributed by atoms with E-state index >= 15 is 0 Å². The van der Waals surface area contributed by atoms with Crippen molar-refractivity contribution in [3.63, 3.8) is 0 Å². The van der Waals surface area contributed by atoms with Gasteiger partial charge in [-0.3, -0.25) is 14.3 Å². The molecule has 1 N–H and O–H groups in total. The van der Waals surface area contributed by atoms with Crippen molar-refractivity contribution in [3.8, 4) is 0 Å². The van der Waals surface area contributed by atoms with E-state index in [2.05, 4.69) is 4.98 Å². The third-order valence-electron chi connectivity index (χ3n) is 3.18. The summed E-state index contributed by atoms with van der Waals surface area (Å²) in [5, 5.41) is 2.57. The van der Waals surface area contributed by atoms with E-state index in [1.165, 1.54) is 0 Å². The summed E-state index contributed by atoms with van der Waals surface area (Å²) in [7, 11) is 0. The molecule has 0 saturated carbocycles. The Kier molecular flexibility index (Phi) is 2.30. The molecule has 0 aliphatic carbocycles.